The van der Waals surface area contributed by atoms with E-state index in [1.165, 1.54) is 28.9 Å². The minimum absolute atomic E-state index is 0.137. The van der Waals surface area contributed by atoms with Crippen LogP contribution in [0.1, 0.15) is 26.5 Å². The SMILES string of the molecule is COc1ccccc1C(=O)Nc1ccc(C)c(OCc2cc(=O)n3cc(C)sc3n2)c1. The number of para-hydroxylation sites is 1. The van der Waals surface area contributed by atoms with Crippen LogP contribution in [-0.2, 0) is 6.61 Å². The number of methoxy groups -OCH3 is 1. The summed E-state index contributed by atoms with van der Waals surface area (Å²) in [4.78, 5) is 31.1. The van der Waals surface area contributed by atoms with Gasteiger partial charge in [-0.25, -0.2) is 4.98 Å². The van der Waals surface area contributed by atoms with Gasteiger partial charge in [-0.15, -0.1) is 11.3 Å². The first-order valence-electron chi connectivity index (χ1n) is 9.61. The molecule has 4 aromatic rings. The monoisotopic (exact) mass is 435 g/mol. The number of aromatic nitrogens is 2. The van der Waals surface area contributed by atoms with E-state index >= 15 is 0 Å². The van der Waals surface area contributed by atoms with Gasteiger partial charge in [-0.1, -0.05) is 18.2 Å². The molecule has 1 amide bonds. The highest BCUT2D eigenvalue weighted by Crippen LogP contribution is 2.25. The Morgan fingerprint density at radius 3 is 2.74 bits per heavy atom. The number of ether oxygens (including phenoxy) is 2. The van der Waals surface area contributed by atoms with Crippen LogP contribution in [0, 0.1) is 13.8 Å². The zero-order valence-corrected chi connectivity index (χ0v) is 18.2. The molecule has 0 bridgehead atoms. The minimum atomic E-state index is -0.277. The number of benzene rings is 2. The highest BCUT2D eigenvalue weighted by atomic mass is 32.1. The van der Waals surface area contributed by atoms with Crippen LogP contribution in [0.5, 0.6) is 11.5 Å². The lowest BCUT2D eigenvalue weighted by molar-refractivity contribution is 0.102. The summed E-state index contributed by atoms with van der Waals surface area (Å²) in [6.45, 7) is 3.99. The van der Waals surface area contributed by atoms with Gasteiger partial charge in [0, 0.05) is 28.9 Å². The number of nitrogens with zero attached hydrogens (tertiary/aromatic N) is 2. The van der Waals surface area contributed by atoms with Crippen molar-refractivity contribution in [2.45, 2.75) is 20.5 Å². The van der Waals surface area contributed by atoms with Crippen molar-refractivity contribution in [3.8, 4) is 11.5 Å². The Balaban J connectivity index is 1.52. The number of nitrogens with one attached hydrogen (secondary N) is 1. The van der Waals surface area contributed by atoms with Gasteiger partial charge in [-0.05, 0) is 37.6 Å². The third-order valence-corrected chi connectivity index (χ3v) is 5.61. The lowest BCUT2D eigenvalue weighted by atomic mass is 10.1. The lowest BCUT2D eigenvalue weighted by Crippen LogP contribution is -2.14. The van der Waals surface area contributed by atoms with Gasteiger partial charge in [0.05, 0.1) is 18.4 Å². The number of carbonyl (C=O) groups excluding carboxylic acids is 1. The quantitative estimate of drug-likeness (QED) is 0.491. The summed E-state index contributed by atoms with van der Waals surface area (Å²) in [5.41, 5.74) is 2.35. The van der Waals surface area contributed by atoms with Crippen molar-refractivity contribution in [2.24, 2.45) is 0 Å². The Morgan fingerprint density at radius 2 is 1.94 bits per heavy atom. The predicted octanol–water partition coefficient (Wildman–Crippen LogP) is 4.21. The number of amides is 1. The summed E-state index contributed by atoms with van der Waals surface area (Å²) in [7, 11) is 1.53. The van der Waals surface area contributed by atoms with Gasteiger partial charge < -0.3 is 14.8 Å². The van der Waals surface area contributed by atoms with Crippen molar-refractivity contribution in [3.05, 3.63) is 86.8 Å². The normalized spacial score (nSPS) is 10.8. The van der Waals surface area contributed by atoms with Crippen LogP contribution >= 0.6 is 11.3 Å². The molecule has 2 aromatic heterocycles. The fourth-order valence-corrected chi connectivity index (χ4v) is 4.00. The molecule has 2 heterocycles. The zero-order valence-electron chi connectivity index (χ0n) is 17.3. The summed E-state index contributed by atoms with van der Waals surface area (Å²) in [5.74, 6) is 0.822. The first-order chi connectivity index (χ1) is 14.9. The molecule has 31 heavy (non-hydrogen) atoms. The maximum atomic E-state index is 12.7. The Morgan fingerprint density at radius 1 is 1.13 bits per heavy atom. The average molecular weight is 436 g/mol. The van der Waals surface area contributed by atoms with Crippen LogP contribution in [0.2, 0.25) is 0 Å². The summed E-state index contributed by atoms with van der Waals surface area (Å²) in [5, 5.41) is 2.87. The molecule has 0 unspecified atom stereocenters. The molecule has 8 heteroatoms. The number of anilines is 1. The third kappa shape index (κ3) is 4.44. The Bertz CT molecular complexity index is 1330. The van der Waals surface area contributed by atoms with Crippen LogP contribution in [0.4, 0.5) is 5.69 Å². The summed E-state index contributed by atoms with van der Waals surface area (Å²) < 4.78 is 12.7. The second-order valence-electron chi connectivity index (χ2n) is 7.00. The summed E-state index contributed by atoms with van der Waals surface area (Å²) in [6.07, 6.45) is 1.78. The van der Waals surface area contributed by atoms with Crippen molar-refractivity contribution in [1.29, 1.82) is 0 Å². The third-order valence-electron chi connectivity index (χ3n) is 4.71. The molecule has 0 aliphatic heterocycles. The molecule has 7 nitrogen and oxygen atoms in total. The van der Waals surface area contributed by atoms with E-state index in [9.17, 15) is 9.59 Å². The molecule has 1 N–H and O–H groups in total. The zero-order chi connectivity index (χ0) is 22.0. The topological polar surface area (TPSA) is 81.9 Å². The molecule has 0 aliphatic carbocycles. The van der Waals surface area contributed by atoms with E-state index in [2.05, 4.69) is 10.3 Å². The van der Waals surface area contributed by atoms with E-state index in [1.807, 2.05) is 26.0 Å². The van der Waals surface area contributed by atoms with E-state index in [-0.39, 0.29) is 18.1 Å². The van der Waals surface area contributed by atoms with Gasteiger partial charge in [0.1, 0.15) is 18.1 Å². The maximum absolute atomic E-state index is 12.7. The molecule has 2 aromatic carbocycles. The second-order valence-corrected chi connectivity index (χ2v) is 8.22. The summed E-state index contributed by atoms with van der Waals surface area (Å²) >= 11 is 1.45. The van der Waals surface area contributed by atoms with Crippen molar-refractivity contribution < 1.29 is 14.3 Å². The number of rotatable bonds is 6. The molecule has 0 saturated heterocycles. The standard InChI is InChI=1S/C23H21N3O4S/c1-14-8-9-16(24-22(28)18-6-4-5-7-19(18)29-3)10-20(14)30-13-17-11-21(27)26-12-15(2)31-23(26)25-17/h4-12H,13H2,1-3H3,(H,24,28). The van der Waals surface area contributed by atoms with Gasteiger partial charge in [0.25, 0.3) is 11.5 Å². The van der Waals surface area contributed by atoms with Crippen LogP contribution in [-0.4, -0.2) is 22.4 Å². The molecule has 0 spiro atoms. The van der Waals surface area contributed by atoms with Gasteiger partial charge >= 0.3 is 0 Å². The largest absolute Gasteiger partial charge is 0.496 e. The number of carbonyl (C=O) groups is 1. The first kappa shape index (κ1) is 20.6. The van der Waals surface area contributed by atoms with Crippen molar-refractivity contribution >= 4 is 27.9 Å². The number of hydrogen-bond acceptors (Lipinski definition) is 6. The molecule has 0 fully saturated rings. The van der Waals surface area contributed by atoms with Gasteiger partial charge in [0.2, 0.25) is 0 Å². The molecule has 0 atom stereocenters. The molecular weight excluding hydrogens is 414 g/mol. The molecule has 0 aliphatic rings. The van der Waals surface area contributed by atoms with Crippen LogP contribution < -0.4 is 20.3 Å². The molecule has 0 saturated carbocycles. The fraction of sp³-hybridized carbons (Fsp3) is 0.174. The Labute approximate surface area is 182 Å². The van der Waals surface area contributed by atoms with Crippen LogP contribution in [0.15, 0.2) is 59.5 Å². The Hall–Kier alpha value is -3.65. The van der Waals surface area contributed by atoms with E-state index in [4.69, 9.17) is 9.47 Å². The van der Waals surface area contributed by atoms with Crippen molar-refractivity contribution in [3.63, 3.8) is 0 Å². The van der Waals surface area contributed by atoms with E-state index < -0.39 is 0 Å². The molecule has 0 radical (unpaired) electrons. The van der Waals surface area contributed by atoms with E-state index in [0.29, 0.717) is 33.4 Å². The highest BCUT2D eigenvalue weighted by Gasteiger charge is 2.13. The number of thiazole rings is 1. The van der Waals surface area contributed by atoms with Crippen LogP contribution in [0.25, 0.3) is 4.96 Å². The van der Waals surface area contributed by atoms with Gasteiger partial charge in [-0.2, -0.15) is 0 Å². The smallest absolute Gasteiger partial charge is 0.259 e. The van der Waals surface area contributed by atoms with E-state index in [0.717, 1.165) is 10.4 Å². The van der Waals surface area contributed by atoms with Gasteiger partial charge in [-0.3, -0.25) is 14.0 Å². The number of aryl methyl sites for hydroxylation is 2. The summed E-state index contributed by atoms with van der Waals surface area (Å²) in [6, 6.07) is 13.9. The molecule has 158 valence electrons. The van der Waals surface area contributed by atoms with Crippen molar-refractivity contribution in [1.82, 2.24) is 9.38 Å². The first-order valence-corrected chi connectivity index (χ1v) is 10.4. The average Bonchev–Trinajstić information content (AvgIpc) is 3.14. The molecular formula is C23H21N3O4S. The Kier molecular flexibility index (Phi) is 5.73. The predicted molar refractivity (Wildman–Crippen MR) is 121 cm³/mol. The molecule has 4 rings (SSSR count). The van der Waals surface area contributed by atoms with Gasteiger partial charge in [0.15, 0.2) is 4.96 Å². The lowest BCUT2D eigenvalue weighted by Gasteiger charge is -2.13. The van der Waals surface area contributed by atoms with E-state index in [1.54, 1.807) is 36.5 Å². The maximum Gasteiger partial charge on any atom is 0.259 e. The fourth-order valence-electron chi connectivity index (χ4n) is 3.15. The number of hydrogen-bond donors (Lipinski definition) is 1. The second kappa shape index (κ2) is 8.61. The van der Waals surface area contributed by atoms with Crippen LogP contribution in [0.3, 0.4) is 0 Å². The van der Waals surface area contributed by atoms with Crippen molar-refractivity contribution in [2.75, 3.05) is 12.4 Å². The minimum Gasteiger partial charge on any atom is -0.496 e. The number of fused-ring (bicyclic) bond motifs is 1. The highest BCUT2D eigenvalue weighted by molar-refractivity contribution is 7.16.